The number of nitrogens with one attached hydrogen (secondary N) is 1. The second-order valence-electron chi connectivity index (χ2n) is 5.59. The van der Waals surface area contributed by atoms with Crippen molar-refractivity contribution < 1.29 is 9.84 Å². The molecule has 0 bridgehead atoms. The molecule has 112 valence electrons. The quantitative estimate of drug-likeness (QED) is 0.824. The van der Waals surface area contributed by atoms with E-state index in [1.54, 1.807) is 0 Å². The Balaban J connectivity index is 1.68. The zero-order valence-corrected chi connectivity index (χ0v) is 13.7. The van der Waals surface area contributed by atoms with Crippen molar-refractivity contribution in [2.45, 2.75) is 51.2 Å². The molecule has 2 rings (SSSR count). The van der Waals surface area contributed by atoms with Crippen LogP contribution in [0.3, 0.4) is 0 Å². The molecule has 1 atom stereocenters. The van der Waals surface area contributed by atoms with Crippen LogP contribution >= 0.6 is 15.9 Å². The zero-order chi connectivity index (χ0) is 14.4. The molecule has 1 aliphatic rings. The van der Waals surface area contributed by atoms with Crippen LogP contribution in [0.1, 0.15) is 37.7 Å². The highest BCUT2D eigenvalue weighted by Gasteiger charge is 2.15. The molecule has 0 radical (unpaired) electrons. The van der Waals surface area contributed by atoms with Crippen molar-refractivity contribution in [3.8, 4) is 0 Å². The van der Waals surface area contributed by atoms with Crippen LogP contribution < -0.4 is 5.32 Å². The van der Waals surface area contributed by atoms with Crippen LogP contribution in [0.5, 0.6) is 0 Å². The summed E-state index contributed by atoms with van der Waals surface area (Å²) in [4.78, 5) is 0. The lowest BCUT2D eigenvalue weighted by Crippen LogP contribution is -2.28. The molecule has 0 heterocycles. The summed E-state index contributed by atoms with van der Waals surface area (Å²) in [6.45, 7) is 3.00. The number of aliphatic hydroxyl groups excluding tert-OH is 1. The van der Waals surface area contributed by atoms with E-state index in [0.29, 0.717) is 19.3 Å². The fourth-order valence-electron chi connectivity index (χ4n) is 2.53. The fraction of sp³-hybridized carbons (Fsp3) is 0.625. The third kappa shape index (κ3) is 5.08. The van der Waals surface area contributed by atoms with E-state index in [1.165, 1.54) is 24.8 Å². The molecule has 1 unspecified atom stereocenters. The third-order valence-corrected chi connectivity index (χ3v) is 4.67. The van der Waals surface area contributed by atoms with E-state index in [2.05, 4.69) is 34.2 Å². The van der Waals surface area contributed by atoms with Gasteiger partial charge >= 0.3 is 0 Å². The maximum absolute atomic E-state index is 9.97. The molecule has 0 spiro atoms. The maximum atomic E-state index is 9.97. The largest absolute Gasteiger partial charge is 0.389 e. The van der Waals surface area contributed by atoms with Gasteiger partial charge in [-0.25, -0.2) is 0 Å². The number of ether oxygens (including phenoxy) is 1. The van der Waals surface area contributed by atoms with Gasteiger partial charge in [0.25, 0.3) is 0 Å². The van der Waals surface area contributed by atoms with Crippen molar-refractivity contribution in [1.82, 2.24) is 0 Å². The van der Waals surface area contributed by atoms with E-state index in [-0.39, 0.29) is 0 Å². The van der Waals surface area contributed by atoms with Gasteiger partial charge in [-0.2, -0.15) is 0 Å². The molecule has 0 aromatic heterocycles. The molecule has 0 saturated heterocycles. The number of halogens is 1. The predicted octanol–water partition coefficient (Wildman–Crippen LogP) is 3.88. The van der Waals surface area contributed by atoms with Crippen LogP contribution in [0.2, 0.25) is 0 Å². The Morgan fingerprint density at radius 2 is 2.10 bits per heavy atom. The third-order valence-electron chi connectivity index (χ3n) is 3.78. The van der Waals surface area contributed by atoms with E-state index in [4.69, 9.17) is 4.74 Å². The maximum Gasteiger partial charge on any atom is 0.0945 e. The number of aliphatic hydroxyl groups is 1. The number of hydrogen-bond donors (Lipinski definition) is 2. The minimum Gasteiger partial charge on any atom is -0.389 e. The number of hydrogen-bond acceptors (Lipinski definition) is 3. The lowest BCUT2D eigenvalue weighted by Gasteiger charge is -2.23. The van der Waals surface area contributed by atoms with Crippen LogP contribution in [0, 0.1) is 6.92 Å². The molecular formula is C16H24BrNO2. The summed E-state index contributed by atoms with van der Waals surface area (Å²) in [5, 5.41) is 13.2. The average Bonchev–Trinajstić information content (AvgIpc) is 2.47. The molecule has 1 aromatic carbocycles. The van der Waals surface area contributed by atoms with Crippen molar-refractivity contribution in [3.63, 3.8) is 0 Å². The Kier molecular flexibility index (Phi) is 6.33. The molecule has 20 heavy (non-hydrogen) atoms. The number of benzene rings is 1. The molecule has 1 aromatic rings. The lowest BCUT2D eigenvalue weighted by atomic mass is 9.98. The van der Waals surface area contributed by atoms with Crippen LogP contribution in [0.4, 0.5) is 5.69 Å². The molecule has 2 N–H and O–H groups in total. The average molecular weight is 342 g/mol. The summed E-state index contributed by atoms with van der Waals surface area (Å²) in [6.07, 6.45) is 6.04. The highest BCUT2D eigenvalue weighted by Crippen LogP contribution is 2.21. The van der Waals surface area contributed by atoms with Gasteiger partial charge in [0.05, 0.1) is 18.8 Å². The first-order valence-corrected chi connectivity index (χ1v) is 8.24. The Labute approximate surface area is 129 Å². The summed E-state index contributed by atoms with van der Waals surface area (Å²) in [7, 11) is 0. The Morgan fingerprint density at radius 3 is 2.80 bits per heavy atom. The normalized spacial score (nSPS) is 17.9. The van der Waals surface area contributed by atoms with Crippen LogP contribution in [0.25, 0.3) is 0 Å². The highest BCUT2D eigenvalue weighted by atomic mass is 79.9. The smallest absolute Gasteiger partial charge is 0.0945 e. The first-order valence-electron chi connectivity index (χ1n) is 7.45. The first kappa shape index (κ1) is 15.8. The predicted molar refractivity (Wildman–Crippen MR) is 86.2 cm³/mol. The van der Waals surface area contributed by atoms with E-state index < -0.39 is 6.10 Å². The minimum absolute atomic E-state index is 0.355. The second-order valence-corrected chi connectivity index (χ2v) is 6.45. The second kappa shape index (κ2) is 8.01. The molecule has 0 aliphatic heterocycles. The van der Waals surface area contributed by atoms with Crippen molar-refractivity contribution >= 4 is 21.6 Å². The van der Waals surface area contributed by atoms with Gasteiger partial charge in [0.1, 0.15) is 0 Å². The van der Waals surface area contributed by atoms with Gasteiger partial charge in [0, 0.05) is 16.7 Å². The van der Waals surface area contributed by atoms with Crippen LogP contribution in [0.15, 0.2) is 22.7 Å². The number of rotatable bonds is 6. The van der Waals surface area contributed by atoms with Crippen molar-refractivity contribution in [2.75, 3.05) is 18.5 Å². The topological polar surface area (TPSA) is 41.5 Å². The van der Waals surface area contributed by atoms with Crippen molar-refractivity contribution in [3.05, 3.63) is 28.2 Å². The summed E-state index contributed by atoms with van der Waals surface area (Å²) in [6, 6.07) is 6.09. The van der Waals surface area contributed by atoms with Crippen LogP contribution in [-0.2, 0) is 4.74 Å². The van der Waals surface area contributed by atoms with Gasteiger partial charge < -0.3 is 15.2 Å². The molecule has 0 amide bonds. The van der Waals surface area contributed by atoms with E-state index in [0.717, 1.165) is 23.0 Å². The lowest BCUT2D eigenvalue weighted by molar-refractivity contribution is -0.0195. The summed E-state index contributed by atoms with van der Waals surface area (Å²) in [5.41, 5.74) is 2.21. The number of anilines is 1. The number of aryl methyl sites for hydroxylation is 1. The van der Waals surface area contributed by atoms with E-state index in [1.807, 2.05) is 12.1 Å². The highest BCUT2D eigenvalue weighted by molar-refractivity contribution is 9.10. The van der Waals surface area contributed by atoms with E-state index >= 15 is 0 Å². The van der Waals surface area contributed by atoms with Gasteiger partial charge in [-0.15, -0.1) is 0 Å². The summed E-state index contributed by atoms with van der Waals surface area (Å²) < 4.78 is 6.88. The van der Waals surface area contributed by atoms with Gasteiger partial charge in [-0.1, -0.05) is 35.2 Å². The Hall–Kier alpha value is -0.580. The zero-order valence-electron chi connectivity index (χ0n) is 12.1. The van der Waals surface area contributed by atoms with E-state index in [9.17, 15) is 5.11 Å². The standard InChI is InChI=1S/C16H24BrNO2/c1-12-9-13(7-8-16(12)17)18-10-14(19)11-20-15-5-3-2-4-6-15/h7-9,14-15,18-19H,2-6,10-11H2,1H3. The molecule has 1 fully saturated rings. The Bertz CT molecular complexity index is 419. The first-order chi connectivity index (χ1) is 9.65. The van der Waals surface area contributed by atoms with Gasteiger partial charge in [-0.05, 0) is 43.5 Å². The van der Waals surface area contributed by atoms with Crippen LogP contribution in [-0.4, -0.2) is 30.5 Å². The fourth-order valence-corrected chi connectivity index (χ4v) is 2.77. The van der Waals surface area contributed by atoms with Gasteiger partial charge in [0.15, 0.2) is 0 Å². The van der Waals surface area contributed by atoms with Gasteiger partial charge in [0.2, 0.25) is 0 Å². The molecule has 3 nitrogen and oxygen atoms in total. The van der Waals surface area contributed by atoms with Gasteiger partial charge in [-0.3, -0.25) is 0 Å². The van der Waals surface area contributed by atoms with Crippen molar-refractivity contribution in [1.29, 1.82) is 0 Å². The minimum atomic E-state index is -0.458. The van der Waals surface area contributed by atoms with Crippen molar-refractivity contribution in [2.24, 2.45) is 0 Å². The monoisotopic (exact) mass is 341 g/mol. The summed E-state index contributed by atoms with van der Waals surface area (Å²) in [5.74, 6) is 0. The molecule has 1 saturated carbocycles. The Morgan fingerprint density at radius 1 is 1.35 bits per heavy atom. The summed E-state index contributed by atoms with van der Waals surface area (Å²) >= 11 is 3.48. The molecular weight excluding hydrogens is 318 g/mol. The molecule has 1 aliphatic carbocycles. The molecule has 4 heteroatoms. The SMILES string of the molecule is Cc1cc(NCC(O)COC2CCCCC2)ccc1Br.